The summed E-state index contributed by atoms with van der Waals surface area (Å²) in [6.07, 6.45) is 0.0612. The van der Waals surface area contributed by atoms with E-state index < -0.39 is 23.3 Å². The van der Waals surface area contributed by atoms with Crippen LogP contribution in [0.1, 0.15) is 40.2 Å². The van der Waals surface area contributed by atoms with Gasteiger partial charge in [-0.05, 0) is 44.4 Å². The van der Waals surface area contributed by atoms with Crippen LogP contribution in [0.15, 0.2) is 54.6 Å². The third kappa shape index (κ3) is 6.55. The Morgan fingerprint density at radius 1 is 0.933 bits per heavy atom. The quantitative estimate of drug-likeness (QED) is 0.524. The maximum atomic E-state index is 13.0. The summed E-state index contributed by atoms with van der Waals surface area (Å²) < 4.78 is 5.10. The number of ketones is 1. The van der Waals surface area contributed by atoms with E-state index in [0.29, 0.717) is 0 Å². The predicted octanol–water partition coefficient (Wildman–Crippen LogP) is 4.20. The predicted molar refractivity (Wildman–Crippen MR) is 118 cm³/mol. The van der Waals surface area contributed by atoms with E-state index in [9.17, 15) is 14.4 Å². The second-order valence-electron chi connectivity index (χ2n) is 8.46. The number of esters is 1. The van der Waals surface area contributed by atoms with Gasteiger partial charge in [0.25, 0.3) is 0 Å². The summed E-state index contributed by atoms with van der Waals surface area (Å²) in [6.45, 7) is 9.00. The Morgan fingerprint density at radius 3 is 2.03 bits per heavy atom. The molecule has 0 bridgehead atoms. The van der Waals surface area contributed by atoms with Crippen molar-refractivity contribution in [1.29, 1.82) is 0 Å². The summed E-state index contributed by atoms with van der Waals surface area (Å²) in [5.41, 5.74) is 2.47. The third-order valence-corrected chi connectivity index (χ3v) is 4.74. The second kappa shape index (κ2) is 10.2. The monoisotopic (exact) mass is 409 g/mol. The minimum absolute atomic E-state index is 0.0612. The number of Topliss-reactive ketones (excluding diaryl/α,β-unsaturated/α-hetero) is 1. The highest BCUT2D eigenvalue weighted by Crippen LogP contribution is 2.22. The van der Waals surface area contributed by atoms with Crippen molar-refractivity contribution in [2.24, 2.45) is 11.8 Å². The van der Waals surface area contributed by atoms with E-state index >= 15 is 0 Å². The molecule has 0 aromatic heterocycles. The minimum Gasteiger partial charge on any atom is -0.465 e. The summed E-state index contributed by atoms with van der Waals surface area (Å²) in [5.74, 6) is -3.27. The number of hydrogen-bond donors (Lipinski definition) is 1. The molecule has 0 saturated heterocycles. The molecule has 160 valence electrons. The lowest BCUT2D eigenvalue weighted by molar-refractivity contribution is -0.156. The Labute approximate surface area is 178 Å². The minimum atomic E-state index is -1.14. The average molecular weight is 410 g/mol. The Bertz CT molecular complexity index is 866. The SMILES string of the molecule is CCOC(=O)C(C(=O)Cc1ccc(-c2ccccc2)cc1)C(C)C(=O)NC(C)(C)C. The van der Waals surface area contributed by atoms with E-state index in [1.807, 2.05) is 75.4 Å². The summed E-state index contributed by atoms with van der Waals surface area (Å²) in [4.78, 5) is 38.1. The van der Waals surface area contributed by atoms with Gasteiger partial charge in [0.1, 0.15) is 5.92 Å². The highest BCUT2D eigenvalue weighted by atomic mass is 16.5. The lowest BCUT2D eigenvalue weighted by Crippen LogP contribution is -2.47. The Kier molecular flexibility index (Phi) is 7.93. The number of amides is 1. The Balaban J connectivity index is 2.17. The number of nitrogens with one attached hydrogen (secondary N) is 1. The van der Waals surface area contributed by atoms with Gasteiger partial charge in [-0.25, -0.2) is 0 Å². The zero-order valence-corrected chi connectivity index (χ0v) is 18.4. The average Bonchev–Trinajstić information content (AvgIpc) is 2.68. The second-order valence-corrected chi connectivity index (χ2v) is 8.46. The molecule has 30 heavy (non-hydrogen) atoms. The molecule has 0 fully saturated rings. The van der Waals surface area contributed by atoms with Crippen LogP contribution in [0.4, 0.5) is 0 Å². The van der Waals surface area contributed by atoms with Crippen LogP contribution in [-0.2, 0) is 25.5 Å². The maximum Gasteiger partial charge on any atom is 0.317 e. The van der Waals surface area contributed by atoms with Crippen molar-refractivity contribution in [3.63, 3.8) is 0 Å². The van der Waals surface area contributed by atoms with Crippen LogP contribution in [-0.4, -0.2) is 29.8 Å². The van der Waals surface area contributed by atoms with Gasteiger partial charge >= 0.3 is 5.97 Å². The van der Waals surface area contributed by atoms with Crippen molar-refractivity contribution in [3.8, 4) is 11.1 Å². The van der Waals surface area contributed by atoms with Crippen molar-refractivity contribution in [2.75, 3.05) is 6.61 Å². The van der Waals surface area contributed by atoms with E-state index in [4.69, 9.17) is 4.74 Å². The first kappa shape index (κ1) is 23.3. The molecule has 1 N–H and O–H groups in total. The van der Waals surface area contributed by atoms with E-state index in [1.54, 1.807) is 13.8 Å². The fraction of sp³-hybridized carbons (Fsp3) is 0.400. The fourth-order valence-corrected chi connectivity index (χ4v) is 3.24. The van der Waals surface area contributed by atoms with Gasteiger partial charge in [-0.1, -0.05) is 61.5 Å². The topological polar surface area (TPSA) is 72.5 Å². The zero-order chi connectivity index (χ0) is 22.3. The van der Waals surface area contributed by atoms with Crippen LogP contribution < -0.4 is 5.32 Å². The first-order valence-electron chi connectivity index (χ1n) is 10.3. The molecule has 1 amide bonds. The molecule has 2 aromatic carbocycles. The standard InChI is InChI=1S/C25H31NO4/c1-6-30-24(29)22(17(2)23(28)26-25(3,4)5)21(27)16-18-12-14-20(15-13-18)19-10-8-7-9-11-19/h7-15,17,22H,6,16H2,1-5H3,(H,26,28). The molecule has 0 heterocycles. The number of carbonyl (C=O) groups is 3. The van der Waals surface area contributed by atoms with Gasteiger partial charge in [0, 0.05) is 12.0 Å². The molecule has 0 radical (unpaired) electrons. The Morgan fingerprint density at radius 2 is 1.50 bits per heavy atom. The van der Waals surface area contributed by atoms with Crippen LogP contribution >= 0.6 is 0 Å². The van der Waals surface area contributed by atoms with Gasteiger partial charge in [-0.2, -0.15) is 0 Å². The molecule has 2 aromatic rings. The van der Waals surface area contributed by atoms with Crippen LogP contribution in [0.25, 0.3) is 11.1 Å². The molecule has 2 unspecified atom stereocenters. The molecular weight excluding hydrogens is 378 g/mol. The van der Waals surface area contributed by atoms with Crippen LogP contribution in [0.2, 0.25) is 0 Å². The van der Waals surface area contributed by atoms with E-state index in [1.165, 1.54) is 0 Å². The van der Waals surface area contributed by atoms with Gasteiger partial charge in [-0.15, -0.1) is 0 Å². The summed E-state index contributed by atoms with van der Waals surface area (Å²) in [7, 11) is 0. The van der Waals surface area contributed by atoms with Gasteiger partial charge in [0.2, 0.25) is 5.91 Å². The lowest BCUT2D eigenvalue weighted by Gasteiger charge is -2.26. The number of benzene rings is 2. The number of ether oxygens (including phenoxy) is 1. The van der Waals surface area contributed by atoms with Gasteiger partial charge in [0.05, 0.1) is 12.5 Å². The number of carbonyl (C=O) groups excluding carboxylic acids is 3. The van der Waals surface area contributed by atoms with Crippen molar-refractivity contribution in [1.82, 2.24) is 5.32 Å². The molecule has 0 spiro atoms. The van der Waals surface area contributed by atoms with Gasteiger partial charge < -0.3 is 10.1 Å². The first-order valence-corrected chi connectivity index (χ1v) is 10.3. The van der Waals surface area contributed by atoms with Crippen LogP contribution in [0, 0.1) is 11.8 Å². The third-order valence-electron chi connectivity index (χ3n) is 4.74. The largest absolute Gasteiger partial charge is 0.465 e. The smallest absolute Gasteiger partial charge is 0.317 e. The molecular formula is C25H31NO4. The van der Waals surface area contributed by atoms with Gasteiger partial charge in [0.15, 0.2) is 5.78 Å². The van der Waals surface area contributed by atoms with Crippen molar-refractivity contribution >= 4 is 17.7 Å². The molecule has 0 saturated carbocycles. The molecule has 2 atom stereocenters. The number of rotatable bonds is 8. The summed E-state index contributed by atoms with van der Waals surface area (Å²) >= 11 is 0. The number of hydrogen-bond acceptors (Lipinski definition) is 4. The van der Waals surface area contributed by atoms with E-state index in [0.717, 1.165) is 16.7 Å². The molecule has 5 heteroatoms. The molecule has 2 rings (SSSR count). The van der Waals surface area contributed by atoms with Crippen molar-refractivity contribution in [2.45, 2.75) is 46.6 Å². The fourth-order valence-electron chi connectivity index (χ4n) is 3.24. The summed E-state index contributed by atoms with van der Waals surface area (Å²) in [5, 5.41) is 2.84. The Hall–Kier alpha value is -2.95. The maximum absolute atomic E-state index is 13.0. The molecule has 5 nitrogen and oxygen atoms in total. The normalized spacial score (nSPS) is 13.2. The van der Waals surface area contributed by atoms with Crippen molar-refractivity contribution < 1.29 is 19.1 Å². The first-order chi connectivity index (χ1) is 14.1. The lowest BCUT2D eigenvalue weighted by atomic mass is 9.85. The molecule has 0 aliphatic heterocycles. The van der Waals surface area contributed by atoms with Crippen molar-refractivity contribution in [3.05, 3.63) is 60.2 Å². The van der Waals surface area contributed by atoms with Crippen LogP contribution in [0.5, 0.6) is 0 Å². The van der Waals surface area contributed by atoms with Gasteiger partial charge in [-0.3, -0.25) is 14.4 Å². The van der Waals surface area contributed by atoms with E-state index in [2.05, 4.69) is 5.32 Å². The van der Waals surface area contributed by atoms with E-state index in [-0.39, 0.29) is 24.7 Å². The molecule has 0 aliphatic carbocycles. The zero-order valence-electron chi connectivity index (χ0n) is 18.4. The highest BCUT2D eigenvalue weighted by Gasteiger charge is 2.38. The summed E-state index contributed by atoms with van der Waals surface area (Å²) in [6, 6.07) is 17.6. The molecule has 0 aliphatic rings. The highest BCUT2D eigenvalue weighted by molar-refractivity contribution is 6.04. The van der Waals surface area contributed by atoms with Crippen LogP contribution in [0.3, 0.4) is 0 Å².